The van der Waals surface area contributed by atoms with Gasteiger partial charge in [-0.25, -0.2) is 8.42 Å². The van der Waals surface area contributed by atoms with Crippen LogP contribution in [0.5, 0.6) is 0 Å². The third-order valence-corrected chi connectivity index (χ3v) is 5.04. The third-order valence-electron chi connectivity index (χ3n) is 3.33. The molecule has 2 N–H and O–H groups in total. The van der Waals surface area contributed by atoms with Gasteiger partial charge in [0.1, 0.15) is 16.4 Å². The maximum absolute atomic E-state index is 12.1. The van der Waals surface area contributed by atoms with Crippen LogP contribution >= 0.6 is 0 Å². The molecule has 5 nitrogen and oxygen atoms in total. The van der Waals surface area contributed by atoms with Crippen LogP contribution in [0, 0.1) is 11.8 Å². The van der Waals surface area contributed by atoms with Gasteiger partial charge in [-0.3, -0.25) is 4.79 Å². The summed E-state index contributed by atoms with van der Waals surface area (Å²) in [6, 6.07) is 6.71. The molecule has 0 atom stereocenters. The van der Waals surface area contributed by atoms with Gasteiger partial charge in [0.05, 0.1) is 11.5 Å². The minimum Gasteiger partial charge on any atom is -0.384 e. The largest absolute Gasteiger partial charge is 0.384 e. The number of sulfone groups is 1. The molecule has 1 amide bonds. The monoisotopic (exact) mass is 307 g/mol. The molecule has 1 aromatic carbocycles. The molecule has 1 saturated heterocycles. The number of nitrogens with one attached hydrogen (secondary N) is 1. The van der Waals surface area contributed by atoms with Gasteiger partial charge < -0.3 is 10.4 Å². The highest BCUT2D eigenvalue weighted by Gasteiger charge is 2.24. The van der Waals surface area contributed by atoms with E-state index in [4.69, 9.17) is 5.11 Å². The molecular weight excluding hydrogens is 290 g/mol. The predicted octanol–water partition coefficient (Wildman–Crippen LogP) is 0.337. The summed E-state index contributed by atoms with van der Waals surface area (Å²) in [5, 5.41) is 11.5. The molecule has 1 heterocycles. The van der Waals surface area contributed by atoms with Crippen LogP contribution in [0.4, 0.5) is 0 Å². The molecule has 21 heavy (non-hydrogen) atoms. The van der Waals surface area contributed by atoms with E-state index in [0.29, 0.717) is 24.0 Å². The van der Waals surface area contributed by atoms with Gasteiger partial charge in [0.15, 0.2) is 0 Å². The summed E-state index contributed by atoms with van der Waals surface area (Å²) < 4.78 is 22.7. The third kappa shape index (κ3) is 4.59. The molecule has 0 spiro atoms. The lowest BCUT2D eigenvalue weighted by atomic mass is 10.1. The van der Waals surface area contributed by atoms with Crippen molar-refractivity contribution in [1.82, 2.24) is 5.32 Å². The Morgan fingerprint density at radius 2 is 2.05 bits per heavy atom. The van der Waals surface area contributed by atoms with E-state index in [1.165, 1.54) is 0 Å². The smallest absolute Gasteiger partial charge is 0.251 e. The molecule has 0 unspecified atom stereocenters. The molecule has 1 aliphatic heterocycles. The van der Waals surface area contributed by atoms with E-state index in [9.17, 15) is 13.2 Å². The fourth-order valence-electron chi connectivity index (χ4n) is 2.18. The summed E-state index contributed by atoms with van der Waals surface area (Å²) in [7, 11) is -2.93. The maximum Gasteiger partial charge on any atom is 0.251 e. The standard InChI is InChI=1S/C15H17NO4S/c17-8-2-4-12-3-1-5-13(11-12)15(18)16-14-6-9-21(19,20)10-7-14/h1,3,5,11,14,17H,6-10H2,(H,16,18). The van der Waals surface area contributed by atoms with Crippen LogP contribution in [0.3, 0.4) is 0 Å². The number of amides is 1. The van der Waals surface area contributed by atoms with Crippen molar-refractivity contribution in [3.63, 3.8) is 0 Å². The molecule has 1 aromatic rings. The van der Waals surface area contributed by atoms with Crippen LogP contribution in [0.15, 0.2) is 24.3 Å². The fourth-order valence-corrected chi connectivity index (χ4v) is 3.67. The number of hydrogen-bond donors (Lipinski definition) is 2. The van der Waals surface area contributed by atoms with Crippen LogP contribution in [-0.2, 0) is 9.84 Å². The molecule has 0 saturated carbocycles. The van der Waals surface area contributed by atoms with Crippen molar-refractivity contribution < 1.29 is 18.3 Å². The molecule has 0 aliphatic carbocycles. The quantitative estimate of drug-likeness (QED) is 0.772. The number of hydrogen-bond acceptors (Lipinski definition) is 4. The fraction of sp³-hybridized carbons (Fsp3) is 0.400. The average molecular weight is 307 g/mol. The number of carbonyl (C=O) groups is 1. The summed E-state index contributed by atoms with van der Waals surface area (Å²) in [5.41, 5.74) is 1.14. The highest BCUT2D eigenvalue weighted by Crippen LogP contribution is 2.13. The van der Waals surface area contributed by atoms with Crippen LogP contribution in [0.1, 0.15) is 28.8 Å². The van der Waals surface area contributed by atoms with E-state index in [0.717, 1.165) is 0 Å². The summed E-state index contributed by atoms with van der Waals surface area (Å²) >= 11 is 0. The lowest BCUT2D eigenvalue weighted by Gasteiger charge is -2.23. The Kier molecular flexibility index (Phi) is 4.99. The lowest BCUT2D eigenvalue weighted by molar-refractivity contribution is 0.0934. The predicted molar refractivity (Wildman–Crippen MR) is 79.5 cm³/mol. The first kappa shape index (κ1) is 15.5. The van der Waals surface area contributed by atoms with Gasteiger partial charge in [-0.1, -0.05) is 17.9 Å². The molecule has 0 bridgehead atoms. The normalized spacial score (nSPS) is 17.6. The van der Waals surface area contributed by atoms with Gasteiger partial charge >= 0.3 is 0 Å². The average Bonchev–Trinajstić information content (AvgIpc) is 2.47. The maximum atomic E-state index is 12.1. The van der Waals surface area contributed by atoms with Crippen molar-refractivity contribution in [3.05, 3.63) is 35.4 Å². The van der Waals surface area contributed by atoms with Gasteiger partial charge in [-0.15, -0.1) is 0 Å². The first-order valence-electron chi connectivity index (χ1n) is 6.71. The summed E-state index contributed by atoms with van der Waals surface area (Å²) in [6.45, 7) is -0.229. The van der Waals surface area contributed by atoms with Gasteiger partial charge in [-0.2, -0.15) is 0 Å². The Balaban J connectivity index is 2.01. The zero-order valence-corrected chi connectivity index (χ0v) is 12.3. The SMILES string of the molecule is O=C(NC1CCS(=O)(=O)CC1)c1cccc(C#CCO)c1. The molecule has 0 radical (unpaired) electrons. The second kappa shape index (κ2) is 6.74. The Morgan fingerprint density at radius 3 is 2.71 bits per heavy atom. The Morgan fingerprint density at radius 1 is 1.33 bits per heavy atom. The highest BCUT2D eigenvalue weighted by molar-refractivity contribution is 7.91. The van der Waals surface area contributed by atoms with E-state index in [1.54, 1.807) is 24.3 Å². The molecule has 6 heteroatoms. The number of aliphatic hydroxyl groups is 1. The molecule has 1 fully saturated rings. The summed E-state index contributed by atoms with van der Waals surface area (Å²) in [4.78, 5) is 12.1. The second-order valence-corrected chi connectivity index (χ2v) is 7.24. The van der Waals surface area contributed by atoms with Crippen molar-refractivity contribution >= 4 is 15.7 Å². The topological polar surface area (TPSA) is 83.5 Å². The molecule has 0 aromatic heterocycles. The van der Waals surface area contributed by atoms with Gasteiger partial charge in [0.25, 0.3) is 5.91 Å². The minimum atomic E-state index is -2.93. The van der Waals surface area contributed by atoms with Gasteiger partial charge in [0.2, 0.25) is 0 Å². The number of benzene rings is 1. The Bertz CT molecular complexity index is 671. The van der Waals surface area contributed by atoms with Crippen LogP contribution < -0.4 is 5.32 Å². The Labute approximate surface area is 124 Å². The molecule has 2 rings (SSSR count). The van der Waals surface area contributed by atoms with Gasteiger partial charge in [0, 0.05) is 17.2 Å². The van der Waals surface area contributed by atoms with E-state index in [-0.39, 0.29) is 30.1 Å². The van der Waals surface area contributed by atoms with Crippen molar-refractivity contribution in [1.29, 1.82) is 0 Å². The van der Waals surface area contributed by atoms with Crippen molar-refractivity contribution in [2.24, 2.45) is 0 Å². The second-order valence-electron chi connectivity index (χ2n) is 4.94. The number of aliphatic hydroxyl groups excluding tert-OH is 1. The number of carbonyl (C=O) groups excluding carboxylic acids is 1. The number of rotatable bonds is 2. The summed E-state index contributed by atoms with van der Waals surface area (Å²) in [5.74, 6) is 5.29. The minimum absolute atomic E-state index is 0.104. The van der Waals surface area contributed by atoms with E-state index < -0.39 is 9.84 Å². The van der Waals surface area contributed by atoms with Crippen molar-refractivity contribution in [2.45, 2.75) is 18.9 Å². The first-order chi connectivity index (χ1) is 10.00. The van der Waals surface area contributed by atoms with Crippen LogP contribution in [-0.4, -0.2) is 43.6 Å². The van der Waals surface area contributed by atoms with Crippen molar-refractivity contribution in [3.8, 4) is 11.8 Å². The molecule has 1 aliphatic rings. The Hall–Kier alpha value is -1.84. The molecule has 112 valence electrons. The zero-order valence-electron chi connectivity index (χ0n) is 11.5. The van der Waals surface area contributed by atoms with Crippen molar-refractivity contribution in [2.75, 3.05) is 18.1 Å². The highest BCUT2D eigenvalue weighted by atomic mass is 32.2. The van der Waals surface area contributed by atoms with Gasteiger partial charge in [-0.05, 0) is 31.0 Å². The molecular formula is C15H17NO4S. The van der Waals surface area contributed by atoms with E-state index in [1.807, 2.05) is 0 Å². The van der Waals surface area contributed by atoms with E-state index >= 15 is 0 Å². The van der Waals surface area contributed by atoms with E-state index in [2.05, 4.69) is 17.2 Å². The lowest BCUT2D eigenvalue weighted by Crippen LogP contribution is -2.40. The zero-order chi connectivity index (χ0) is 15.3. The first-order valence-corrected chi connectivity index (χ1v) is 8.53. The van der Waals surface area contributed by atoms with Crippen LogP contribution in [0.25, 0.3) is 0 Å². The van der Waals surface area contributed by atoms with Crippen LogP contribution in [0.2, 0.25) is 0 Å². The summed E-state index contributed by atoms with van der Waals surface area (Å²) in [6.07, 6.45) is 0.913.